The largest absolute Gasteiger partial charge is 0.355 e. The molecule has 1 aromatic carbocycles. The third-order valence-electron chi connectivity index (χ3n) is 4.76. The number of benzene rings is 1. The van der Waals surface area contributed by atoms with Crippen molar-refractivity contribution >= 4 is 15.8 Å². The van der Waals surface area contributed by atoms with Crippen LogP contribution in [0, 0.1) is 11.7 Å². The van der Waals surface area contributed by atoms with E-state index in [2.05, 4.69) is 22.5 Å². The third kappa shape index (κ3) is 5.70. The molecule has 2 rings (SSSR count). The fourth-order valence-corrected chi connectivity index (χ4v) is 4.53. The molecule has 0 saturated heterocycles. The van der Waals surface area contributed by atoms with Crippen LogP contribution < -0.4 is 10.6 Å². The lowest BCUT2D eigenvalue weighted by atomic mass is 9.84. The first-order valence-electron chi connectivity index (χ1n) is 8.90. The maximum atomic E-state index is 13.7. The summed E-state index contributed by atoms with van der Waals surface area (Å²) in [6.45, 7) is 2.40. The van der Waals surface area contributed by atoms with E-state index in [9.17, 15) is 12.8 Å². The molecule has 2 unspecified atom stereocenters. The highest BCUT2D eigenvalue weighted by Gasteiger charge is 2.22. The van der Waals surface area contributed by atoms with E-state index in [0.717, 1.165) is 24.8 Å². The van der Waals surface area contributed by atoms with Gasteiger partial charge in [0.25, 0.3) is 0 Å². The van der Waals surface area contributed by atoms with Crippen LogP contribution >= 0.6 is 0 Å². The number of aliphatic imine (C=N–C) groups is 1. The molecule has 25 heavy (non-hydrogen) atoms. The normalized spacial score (nSPS) is 21.8. The zero-order valence-electron chi connectivity index (χ0n) is 15.0. The number of rotatable bonds is 6. The van der Waals surface area contributed by atoms with Crippen LogP contribution in [0.2, 0.25) is 0 Å². The highest BCUT2D eigenvalue weighted by atomic mass is 32.2. The first-order valence-corrected chi connectivity index (χ1v) is 10.6. The number of hydrogen-bond donors (Lipinski definition) is 2. The van der Waals surface area contributed by atoms with Crippen LogP contribution in [0.25, 0.3) is 0 Å². The zero-order valence-corrected chi connectivity index (χ0v) is 15.8. The van der Waals surface area contributed by atoms with Crippen molar-refractivity contribution in [2.45, 2.75) is 50.0 Å². The minimum Gasteiger partial charge on any atom is -0.355 e. The van der Waals surface area contributed by atoms with Crippen molar-refractivity contribution in [2.75, 3.05) is 19.3 Å². The lowest BCUT2D eigenvalue weighted by Gasteiger charge is -2.30. The van der Waals surface area contributed by atoms with Crippen LogP contribution in [0.3, 0.4) is 0 Å². The molecule has 0 bridgehead atoms. The number of nitrogens with zero attached hydrogens (tertiary/aromatic N) is 1. The second-order valence-electron chi connectivity index (χ2n) is 6.53. The van der Waals surface area contributed by atoms with E-state index in [-0.39, 0.29) is 17.2 Å². The molecule has 0 spiro atoms. The van der Waals surface area contributed by atoms with E-state index >= 15 is 0 Å². The van der Waals surface area contributed by atoms with Gasteiger partial charge in [-0.3, -0.25) is 4.99 Å². The Kier molecular flexibility index (Phi) is 7.23. The molecule has 1 aliphatic rings. The van der Waals surface area contributed by atoms with Crippen LogP contribution in [0.5, 0.6) is 0 Å². The molecule has 0 amide bonds. The molecule has 2 atom stereocenters. The van der Waals surface area contributed by atoms with Crippen molar-refractivity contribution < 1.29 is 12.8 Å². The van der Waals surface area contributed by atoms with Gasteiger partial charge < -0.3 is 10.6 Å². The molecule has 1 saturated carbocycles. The third-order valence-corrected chi connectivity index (χ3v) is 6.50. The van der Waals surface area contributed by atoms with Crippen molar-refractivity contribution in [2.24, 2.45) is 10.9 Å². The second kappa shape index (κ2) is 9.17. The van der Waals surface area contributed by atoms with E-state index in [4.69, 9.17) is 0 Å². The summed E-state index contributed by atoms with van der Waals surface area (Å²) in [5.41, 5.74) is 0. The van der Waals surface area contributed by atoms with Gasteiger partial charge in [0.05, 0.1) is 5.75 Å². The SMILES string of the molecule is CCC1CCCC(NC(=NC)NCCS(=O)(=O)c2ccccc2F)C1. The number of hydrogen-bond acceptors (Lipinski definition) is 3. The summed E-state index contributed by atoms with van der Waals surface area (Å²) in [5, 5.41) is 6.41. The Morgan fingerprint density at radius 2 is 2.08 bits per heavy atom. The summed E-state index contributed by atoms with van der Waals surface area (Å²) in [6.07, 6.45) is 5.89. The van der Waals surface area contributed by atoms with Crippen LogP contribution in [0.15, 0.2) is 34.2 Å². The number of nitrogens with one attached hydrogen (secondary N) is 2. The van der Waals surface area contributed by atoms with Crippen molar-refractivity contribution in [3.63, 3.8) is 0 Å². The highest BCUT2D eigenvalue weighted by molar-refractivity contribution is 7.91. The molecular weight excluding hydrogens is 341 g/mol. The molecule has 2 N–H and O–H groups in total. The van der Waals surface area contributed by atoms with Crippen LogP contribution in [0.1, 0.15) is 39.0 Å². The minimum absolute atomic E-state index is 0.181. The van der Waals surface area contributed by atoms with Gasteiger partial charge in [-0.1, -0.05) is 38.3 Å². The predicted molar refractivity (Wildman–Crippen MR) is 99.0 cm³/mol. The molecule has 1 aliphatic carbocycles. The topological polar surface area (TPSA) is 70.6 Å². The summed E-state index contributed by atoms with van der Waals surface area (Å²) in [6, 6.07) is 5.83. The average Bonchev–Trinajstić information content (AvgIpc) is 2.61. The fraction of sp³-hybridized carbons (Fsp3) is 0.611. The lowest BCUT2D eigenvalue weighted by molar-refractivity contribution is 0.298. The summed E-state index contributed by atoms with van der Waals surface area (Å²) in [7, 11) is -1.99. The van der Waals surface area contributed by atoms with Crippen molar-refractivity contribution in [3.05, 3.63) is 30.1 Å². The average molecular weight is 370 g/mol. The molecule has 5 nitrogen and oxygen atoms in total. The van der Waals surface area contributed by atoms with Gasteiger partial charge in [-0.2, -0.15) is 0 Å². The smallest absolute Gasteiger partial charge is 0.191 e. The van der Waals surface area contributed by atoms with Crippen LogP contribution in [-0.4, -0.2) is 39.8 Å². The quantitative estimate of drug-likeness (QED) is 0.597. The molecule has 1 fully saturated rings. The van der Waals surface area contributed by atoms with Gasteiger partial charge in [-0.15, -0.1) is 0 Å². The van der Waals surface area contributed by atoms with Crippen molar-refractivity contribution in [1.82, 2.24) is 10.6 Å². The van der Waals surface area contributed by atoms with Crippen LogP contribution in [-0.2, 0) is 9.84 Å². The van der Waals surface area contributed by atoms with E-state index in [1.54, 1.807) is 7.05 Å². The van der Waals surface area contributed by atoms with Crippen LogP contribution in [0.4, 0.5) is 4.39 Å². The molecule has 140 valence electrons. The Bertz CT molecular complexity index is 691. The molecule has 0 aromatic heterocycles. The maximum Gasteiger partial charge on any atom is 0.191 e. The second-order valence-corrected chi connectivity index (χ2v) is 8.61. The Labute approximate surface area is 150 Å². The first-order chi connectivity index (χ1) is 12.0. The Hall–Kier alpha value is -1.63. The van der Waals surface area contributed by atoms with E-state index in [1.165, 1.54) is 37.5 Å². The standard InChI is InChI=1S/C18H28FN3O2S/c1-3-14-7-6-8-15(13-14)22-18(20-2)21-11-12-25(23,24)17-10-5-4-9-16(17)19/h4-5,9-10,14-15H,3,6-8,11-13H2,1-2H3,(H2,20,21,22). The number of halogens is 1. The van der Waals surface area contributed by atoms with Gasteiger partial charge >= 0.3 is 0 Å². The van der Waals surface area contributed by atoms with Gasteiger partial charge in [0.15, 0.2) is 15.8 Å². The predicted octanol–water partition coefficient (Wildman–Crippen LogP) is 2.73. The Morgan fingerprint density at radius 3 is 2.76 bits per heavy atom. The van der Waals surface area contributed by atoms with Gasteiger partial charge in [-0.05, 0) is 30.9 Å². The summed E-state index contributed by atoms with van der Waals surface area (Å²) in [4.78, 5) is 3.92. The molecule has 0 aliphatic heterocycles. The molecule has 7 heteroatoms. The molecular formula is C18H28FN3O2S. The van der Waals surface area contributed by atoms with Gasteiger partial charge in [-0.25, -0.2) is 12.8 Å². The summed E-state index contributed by atoms with van der Waals surface area (Å²) < 4.78 is 38.2. The fourth-order valence-electron chi connectivity index (χ4n) is 3.29. The zero-order chi connectivity index (χ0) is 18.3. The molecule has 0 heterocycles. The highest BCUT2D eigenvalue weighted by Crippen LogP contribution is 2.26. The number of sulfone groups is 1. The number of guanidine groups is 1. The molecule has 1 aromatic rings. The van der Waals surface area contributed by atoms with Crippen molar-refractivity contribution in [3.8, 4) is 0 Å². The van der Waals surface area contributed by atoms with Gasteiger partial charge in [0, 0.05) is 19.6 Å². The maximum absolute atomic E-state index is 13.7. The Balaban J connectivity index is 1.86. The summed E-state index contributed by atoms with van der Waals surface area (Å²) >= 11 is 0. The lowest BCUT2D eigenvalue weighted by Crippen LogP contribution is -2.46. The van der Waals surface area contributed by atoms with Gasteiger partial charge in [0.1, 0.15) is 10.7 Å². The van der Waals surface area contributed by atoms with E-state index < -0.39 is 15.7 Å². The Morgan fingerprint density at radius 1 is 1.32 bits per heavy atom. The van der Waals surface area contributed by atoms with E-state index in [1.807, 2.05) is 0 Å². The summed E-state index contributed by atoms with van der Waals surface area (Å²) in [5.74, 6) is 0.450. The molecule has 0 radical (unpaired) electrons. The van der Waals surface area contributed by atoms with Gasteiger partial charge in [0.2, 0.25) is 0 Å². The monoisotopic (exact) mass is 369 g/mol. The van der Waals surface area contributed by atoms with E-state index in [0.29, 0.717) is 12.0 Å². The minimum atomic E-state index is -3.66. The first kappa shape index (κ1) is 19.7. The van der Waals surface area contributed by atoms with Crippen molar-refractivity contribution in [1.29, 1.82) is 0 Å².